The number of halogens is 1. The van der Waals surface area contributed by atoms with E-state index in [0.29, 0.717) is 0 Å². The monoisotopic (exact) mass is 455 g/mol. The SMILES string of the molecule is CCOC(Cc1ccc(F)cc1)(OCC)c1ncc(NC(=O)OCc2ccccc2)c(=O)[nH]1. The number of carbonyl (C=O) groups excluding carboxylic acids is 1. The molecule has 1 amide bonds. The normalized spacial score (nSPS) is 11.2. The molecule has 0 saturated heterocycles. The number of nitrogens with zero attached hydrogens (tertiary/aromatic N) is 1. The number of aromatic nitrogens is 2. The number of hydrogen-bond donors (Lipinski definition) is 2. The number of hydrogen-bond acceptors (Lipinski definition) is 6. The first-order valence-corrected chi connectivity index (χ1v) is 10.6. The summed E-state index contributed by atoms with van der Waals surface area (Å²) in [5.74, 6) is -1.63. The maximum Gasteiger partial charge on any atom is 0.412 e. The van der Waals surface area contributed by atoms with E-state index in [4.69, 9.17) is 14.2 Å². The zero-order valence-corrected chi connectivity index (χ0v) is 18.5. The summed E-state index contributed by atoms with van der Waals surface area (Å²) in [5.41, 5.74) is 0.863. The number of nitrogens with one attached hydrogen (secondary N) is 2. The van der Waals surface area contributed by atoms with Gasteiger partial charge in [-0.05, 0) is 37.1 Å². The zero-order chi connectivity index (χ0) is 23.7. The van der Waals surface area contributed by atoms with E-state index in [0.717, 1.165) is 11.1 Å². The van der Waals surface area contributed by atoms with Crippen molar-refractivity contribution in [1.82, 2.24) is 9.97 Å². The third-order valence-corrected chi connectivity index (χ3v) is 4.71. The van der Waals surface area contributed by atoms with E-state index in [2.05, 4.69) is 15.3 Å². The lowest BCUT2D eigenvalue weighted by atomic mass is 10.0. The summed E-state index contributed by atoms with van der Waals surface area (Å²) >= 11 is 0. The van der Waals surface area contributed by atoms with Crippen molar-refractivity contribution in [2.24, 2.45) is 0 Å². The van der Waals surface area contributed by atoms with Gasteiger partial charge in [-0.3, -0.25) is 10.1 Å². The second-order valence-electron chi connectivity index (χ2n) is 7.08. The molecule has 0 atom stereocenters. The Morgan fingerprint density at radius 3 is 2.30 bits per heavy atom. The van der Waals surface area contributed by atoms with Crippen LogP contribution in [0.1, 0.15) is 30.8 Å². The van der Waals surface area contributed by atoms with Gasteiger partial charge < -0.3 is 19.2 Å². The zero-order valence-electron chi connectivity index (χ0n) is 18.5. The van der Waals surface area contributed by atoms with E-state index in [9.17, 15) is 14.0 Å². The number of aromatic amines is 1. The number of benzene rings is 2. The Balaban J connectivity index is 1.79. The van der Waals surface area contributed by atoms with Crippen LogP contribution in [0.25, 0.3) is 0 Å². The first kappa shape index (κ1) is 24.1. The Labute approximate surface area is 190 Å². The van der Waals surface area contributed by atoms with Crippen LogP contribution in [-0.4, -0.2) is 29.3 Å². The molecule has 0 radical (unpaired) electrons. The second-order valence-corrected chi connectivity index (χ2v) is 7.08. The Kier molecular flexibility index (Phi) is 8.28. The first-order valence-electron chi connectivity index (χ1n) is 10.6. The van der Waals surface area contributed by atoms with Gasteiger partial charge in [0.15, 0.2) is 5.82 Å². The van der Waals surface area contributed by atoms with E-state index in [-0.39, 0.29) is 43.6 Å². The summed E-state index contributed by atoms with van der Waals surface area (Å²) in [5, 5.41) is 2.39. The molecule has 2 aromatic carbocycles. The van der Waals surface area contributed by atoms with Gasteiger partial charge in [0.05, 0.1) is 6.20 Å². The van der Waals surface area contributed by atoms with Crippen LogP contribution in [0.4, 0.5) is 14.9 Å². The minimum atomic E-state index is -1.40. The molecular weight excluding hydrogens is 429 g/mol. The van der Waals surface area contributed by atoms with Gasteiger partial charge in [0.2, 0.25) is 5.79 Å². The molecule has 1 heterocycles. The first-order chi connectivity index (χ1) is 16.0. The molecule has 0 spiro atoms. The van der Waals surface area contributed by atoms with Crippen molar-refractivity contribution in [3.63, 3.8) is 0 Å². The summed E-state index contributed by atoms with van der Waals surface area (Å²) in [6, 6.07) is 15.0. The molecule has 0 saturated carbocycles. The van der Waals surface area contributed by atoms with Gasteiger partial charge >= 0.3 is 6.09 Å². The number of amides is 1. The van der Waals surface area contributed by atoms with E-state index in [1.807, 2.05) is 30.3 Å². The molecule has 33 heavy (non-hydrogen) atoms. The highest BCUT2D eigenvalue weighted by atomic mass is 19.1. The molecule has 3 rings (SSSR count). The van der Waals surface area contributed by atoms with Crippen LogP contribution < -0.4 is 10.9 Å². The lowest BCUT2D eigenvalue weighted by molar-refractivity contribution is -0.247. The Hall–Kier alpha value is -3.56. The second kappa shape index (κ2) is 11.3. The highest BCUT2D eigenvalue weighted by Gasteiger charge is 2.37. The minimum absolute atomic E-state index is 0.0611. The summed E-state index contributed by atoms with van der Waals surface area (Å²) in [6.07, 6.45) is 0.616. The standard InChI is InChI=1S/C24H26FN3O5/c1-3-32-24(33-4-2,14-17-10-12-19(25)13-11-17)22-26-15-20(21(29)28-22)27-23(30)31-16-18-8-6-5-7-9-18/h5-13,15H,3-4,14,16H2,1-2H3,(H,27,30)(H,26,28,29). The number of ether oxygens (including phenoxy) is 3. The van der Waals surface area contributed by atoms with Crippen LogP contribution in [-0.2, 0) is 33.0 Å². The third kappa shape index (κ3) is 6.47. The number of carbonyl (C=O) groups is 1. The fraction of sp³-hybridized carbons (Fsp3) is 0.292. The molecule has 0 aliphatic carbocycles. The van der Waals surface area contributed by atoms with Gasteiger partial charge in [-0.15, -0.1) is 0 Å². The minimum Gasteiger partial charge on any atom is -0.444 e. The average molecular weight is 455 g/mol. The summed E-state index contributed by atoms with van der Waals surface area (Å²) in [7, 11) is 0. The Bertz CT molecular complexity index is 1100. The Morgan fingerprint density at radius 2 is 1.70 bits per heavy atom. The molecule has 0 bridgehead atoms. The van der Waals surface area contributed by atoms with Gasteiger partial charge in [0.1, 0.15) is 18.1 Å². The van der Waals surface area contributed by atoms with Crippen molar-refractivity contribution in [2.75, 3.05) is 18.5 Å². The summed E-state index contributed by atoms with van der Waals surface area (Å²) < 4.78 is 30.3. The predicted octanol–water partition coefficient (Wildman–Crippen LogP) is 4.13. The van der Waals surface area contributed by atoms with Crippen LogP contribution in [0.2, 0.25) is 0 Å². The molecule has 8 nitrogen and oxygen atoms in total. The van der Waals surface area contributed by atoms with Crippen LogP contribution in [0.5, 0.6) is 0 Å². The van der Waals surface area contributed by atoms with Gasteiger partial charge in [-0.1, -0.05) is 42.5 Å². The van der Waals surface area contributed by atoms with Gasteiger partial charge in [-0.25, -0.2) is 14.2 Å². The van der Waals surface area contributed by atoms with E-state index in [1.165, 1.54) is 18.3 Å². The van der Waals surface area contributed by atoms with Crippen LogP contribution in [0.3, 0.4) is 0 Å². The molecule has 2 N–H and O–H groups in total. The van der Waals surface area contributed by atoms with Crippen LogP contribution in [0.15, 0.2) is 65.6 Å². The molecule has 0 aliphatic heterocycles. The number of rotatable bonds is 10. The van der Waals surface area contributed by atoms with Crippen molar-refractivity contribution in [2.45, 2.75) is 32.7 Å². The fourth-order valence-electron chi connectivity index (χ4n) is 3.25. The molecule has 0 unspecified atom stereocenters. The van der Waals surface area contributed by atoms with E-state index < -0.39 is 17.4 Å². The predicted molar refractivity (Wildman–Crippen MR) is 120 cm³/mol. The number of anilines is 1. The van der Waals surface area contributed by atoms with Crippen molar-refractivity contribution in [3.05, 3.63) is 93.9 Å². The molecular formula is C24H26FN3O5. The maximum atomic E-state index is 13.3. The smallest absolute Gasteiger partial charge is 0.412 e. The Morgan fingerprint density at radius 1 is 1.03 bits per heavy atom. The summed E-state index contributed by atoms with van der Waals surface area (Å²) in [4.78, 5) is 31.7. The summed E-state index contributed by atoms with van der Waals surface area (Å²) in [6.45, 7) is 4.18. The third-order valence-electron chi connectivity index (χ3n) is 4.71. The number of H-pyrrole nitrogens is 1. The van der Waals surface area contributed by atoms with Gasteiger partial charge in [0.25, 0.3) is 5.56 Å². The molecule has 0 fully saturated rings. The van der Waals surface area contributed by atoms with Gasteiger partial charge in [0, 0.05) is 19.6 Å². The fourth-order valence-corrected chi connectivity index (χ4v) is 3.25. The highest BCUT2D eigenvalue weighted by Crippen LogP contribution is 2.29. The van der Waals surface area contributed by atoms with Crippen LogP contribution >= 0.6 is 0 Å². The molecule has 1 aromatic heterocycles. The quantitative estimate of drug-likeness (QED) is 0.446. The van der Waals surface area contributed by atoms with E-state index >= 15 is 0 Å². The van der Waals surface area contributed by atoms with Crippen LogP contribution in [0, 0.1) is 5.82 Å². The van der Waals surface area contributed by atoms with Crippen molar-refractivity contribution < 1.29 is 23.4 Å². The molecule has 9 heteroatoms. The molecule has 3 aromatic rings. The molecule has 0 aliphatic rings. The largest absolute Gasteiger partial charge is 0.444 e. The highest BCUT2D eigenvalue weighted by molar-refractivity contribution is 5.83. The lowest BCUT2D eigenvalue weighted by Crippen LogP contribution is -2.39. The topological polar surface area (TPSA) is 103 Å². The van der Waals surface area contributed by atoms with Crippen molar-refractivity contribution in [3.8, 4) is 0 Å². The van der Waals surface area contributed by atoms with E-state index in [1.54, 1.807) is 26.0 Å². The lowest BCUT2D eigenvalue weighted by Gasteiger charge is -2.32. The average Bonchev–Trinajstić information content (AvgIpc) is 2.81. The van der Waals surface area contributed by atoms with Crippen molar-refractivity contribution in [1.29, 1.82) is 0 Å². The van der Waals surface area contributed by atoms with Crippen molar-refractivity contribution >= 4 is 11.8 Å². The van der Waals surface area contributed by atoms with Gasteiger partial charge in [-0.2, -0.15) is 0 Å². The maximum absolute atomic E-state index is 13.3. The molecule has 174 valence electrons.